The van der Waals surface area contributed by atoms with Crippen molar-refractivity contribution in [1.82, 2.24) is 9.55 Å². The minimum absolute atomic E-state index is 0.0327. The normalized spacial score (nSPS) is 23.1. The molecular formula is C27H21N3O2. The Morgan fingerprint density at radius 1 is 0.938 bits per heavy atom. The Kier molecular flexibility index (Phi) is 3.10. The summed E-state index contributed by atoms with van der Waals surface area (Å²) in [5, 5.41) is 5.42. The summed E-state index contributed by atoms with van der Waals surface area (Å²) in [6.45, 7) is 4.21. The molecule has 5 heteroatoms. The molecule has 0 fully saturated rings. The van der Waals surface area contributed by atoms with E-state index in [9.17, 15) is 9.59 Å². The van der Waals surface area contributed by atoms with E-state index in [-0.39, 0.29) is 17.0 Å². The molecule has 1 aliphatic heterocycles. The highest BCUT2D eigenvalue weighted by Crippen LogP contribution is 2.56. The van der Waals surface area contributed by atoms with Gasteiger partial charge < -0.3 is 5.32 Å². The number of anilines is 1. The van der Waals surface area contributed by atoms with Gasteiger partial charge in [0.25, 0.3) is 0 Å². The predicted molar refractivity (Wildman–Crippen MR) is 124 cm³/mol. The Labute approximate surface area is 184 Å². The van der Waals surface area contributed by atoms with Crippen LogP contribution in [0.5, 0.6) is 0 Å². The quantitative estimate of drug-likeness (QED) is 0.426. The summed E-state index contributed by atoms with van der Waals surface area (Å²) in [5.74, 6) is 0.606. The van der Waals surface area contributed by atoms with E-state index in [1.165, 1.54) is 0 Å². The summed E-state index contributed by atoms with van der Waals surface area (Å²) < 4.78 is 1.98. The van der Waals surface area contributed by atoms with Gasteiger partial charge in [0.2, 0.25) is 5.95 Å². The van der Waals surface area contributed by atoms with Crippen LogP contribution in [0.25, 0.3) is 21.8 Å². The van der Waals surface area contributed by atoms with Gasteiger partial charge in [0.1, 0.15) is 0 Å². The minimum atomic E-state index is -1.23. The van der Waals surface area contributed by atoms with Gasteiger partial charge in [-0.15, -0.1) is 0 Å². The number of fused-ring (bicyclic) bond motifs is 6. The number of ketones is 2. The number of hydrogen-bond donors (Lipinski definition) is 1. The van der Waals surface area contributed by atoms with Crippen LogP contribution >= 0.6 is 0 Å². The molecule has 5 nitrogen and oxygen atoms in total. The number of imidazole rings is 1. The lowest BCUT2D eigenvalue weighted by Gasteiger charge is -2.44. The second-order valence-electron chi connectivity index (χ2n) is 9.93. The maximum atomic E-state index is 14.5. The topological polar surface area (TPSA) is 64.0 Å². The van der Waals surface area contributed by atoms with Crippen LogP contribution in [0.2, 0.25) is 0 Å². The van der Waals surface area contributed by atoms with Crippen LogP contribution in [0.1, 0.15) is 42.6 Å². The first-order chi connectivity index (χ1) is 15.4. The molecule has 3 aromatic carbocycles. The Morgan fingerprint density at radius 2 is 1.72 bits per heavy atom. The van der Waals surface area contributed by atoms with Crippen molar-refractivity contribution in [3.63, 3.8) is 0 Å². The van der Waals surface area contributed by atoms with Crippen molar-refractivity contribution in [3.8, 4) is 0 Å². The van der Waals surface area contributed by atoms with Crippen LogP contribution in [-0.4, -0.2) is 21.1 Å². The van der Waals surface area contributed by atoms with Gasteiger partial charge in [0.05, 0.1) is 16.6 Å². The predicted octanol–water partition coefficient (Wildman–Crippen LogP) is 5.20. The lowest BCUT2D eigenvalue weighted by atomic mass is 9.67. The molecule has 0 saturated heterocycles. The molecule has 0 radical (unpaired) electrons. The summed E-state index contributed by atoms with van der Waals surface area (Å²) in [4.78, 5) is 33.1. The standard InChI is InChI=1S/C27H21N3O2/c1-26(2)13-19-23(21(31)14-26)27(30-20-12-4-3-11-18(20)28-25(30)29-19)17-10-6-8-15-7-5-9-16(22(15)17)24(27)32/h3-12H,13-14H2,1-2H3,(H,28,29)/t27-/m1/s1. The monoisotopic (exact) mass is 419 g/mol. The van der Waals surface area contributed by atoms with Gasteiger partial charge in [-0.3, -0.25) is 14.2 Å². The number of hydrogen-bond acceptors (Lipinski definition) is 4. The number of Topliss-reactive ketones (excluding diaryl/α,β-unsaturated/α-hetero) is 2. The van der Waals surface area contributed by atoms with E-state index in [4.69, 9.17) is 4.98 Å². The van der Waals surface area contributed by atoms with Gasteiger partial charge in [-0.1, -0.05) is 62.4 Å². The molecule has 7 rings (SSSR count). The van der Waals surface area contributed by atoms with Gasteiger partial charge in [0.15, 0.2) is 17.1 Å². The smallest absolute Gasteiger partial charge is 0.209 e. The molecular weight excluding hydrogens is 398 g/mol. The van der Waals surface area contributed by atoms with Crippen molar-refractivity contribution >= 4 is 39.3 Å². The lowest BCUT2D eigenvalue weighted by Crippen LogP contribution is -2.51. The summed E-state index contributed by atoms with van der Waals surface area (Å²) in [6, 6.07) is 19.7. The van der Waals surface area contributed by atoms with E-state index in [1.807, 2.05) is 65.2 Å². The van der Waals surface area contributed by atoms with Crippen LogP contribution in [0.3, 0.4) is 0 Å². The van der Waals surface area contributed by atoms with Crippen molar-refractivity contribution < 1.29 is 9.59 Å². The fourth-order valence-electron chi connectivity index (χ4n) is 6.16. The van der Waals surface area contributed by atoms with E-state index in [0.29, 0.717) is 29.9 Å². The third-order valence-electron chi connectivity index (χ3n) is 7.26. The average molecular weight is 419 g/mol. The molecule has 1 N–H and O–H groups in total. The Bertz CT molecular complexity index is 1570. The highest BCUT2D eigenvalue weighted by Gasteiger charge is 2.59. The Balaban J connectivity index is 1.70. The minimum Gasteiger partial charge on any atom is -0.329 e. The lowest BCUT2D eigenvalue weighted by molar-refractivity contribution is -0.118. The highest BCUT2D eigenvalue weighted by molar-refractivity contribution is 6.26. The molecule has 0 unspecified atom stereocenters. The maximum absolute atomic E-state index is 14.5. The molecule has 4 aromatic rings. The fourth-order valence-corrected chi connectivity index (χ4v) is 6.16. The largest absolute Gasteiger partial charge is 0.329 e. The van der Waals surface area contributed by atoms with Gasteiger partial charge in [-0.05, 0) is 40.3 Å². The zero-order valence-corrected chi connectivity index (χ0v) is 17.9. The van der Waals surface area contributed by atoms with Crippen LogP contribution in [-0.2, 0) is 10.3 Å². The SMILES string of the molecule is CC1(C)CC(=O)C2=C(C1)Nc1nc3ccccc3n1[C@@]21C(=O)c2cccc3cccc1c23. The molecule has 0 saturated carbocycles. The number of nitrogens with one attached hydrogen (secondary N) is 1. The number of aromatic nitrogens is 2. The first-order valence-corrected chi connectivity index (χ1v) is 11.0. The van der Waals surface area contributed by atoms with Gasteiger partial charge in [-0.2, -0.15) is 0 Å². The van der Waals surface area contributed by atoms with Crippen molar-refractivity contribution in [2.75, 3.05) is 5.32 Å². The number of allylic oxidation sites excluding steroid dienone is 2. The molecule has 1 spiro atoms. The summed E-state index contributed by atoms with van der Waals surface area (Å²) in [7, 11) is 0. The zero-order chi connectivity index (χ0) is 21.8. The van der Waals surface area contributed by atoms with Crippen LogP contribution in [0.4, 0.5) is 5.95 Å². The zero-order valence-electron chi connectivity index (χ0n) is 17.9. The Morgan fingerprint density at radius 3 is 2.56 bits per heavy atom. The van der Waals surface area contributed by atoms with Gasteiger partial charge in [-0.25, -0.2) is 4.98 Å². The van der Waals surface area contributed by atoms with Gasteiger partial charge >= 0.3 is 0 Å². The second-order valence-corrected chi connectivity index (χ2v) is 9.93. The summed E-state index contributed by atoms with van der Waals surface area (Å²) in [6.07, 6.45) is 1.11. The second kappa shape index (κ2) is 5.54. The first-order valence-electron chi connectivity index (χ1n) is 11.0. The molecule has 2 aliphatic carbocycles. The number of para-hydroxylation sites is 2. The van der Waals surface area contributed by atoms with Crippen molar-refractivity contribution in [2.45, 2.75) is 32.2 Å². The summed E-state index contributed by atoms with van der Waals surface area (Å²) in [5.41, 5.74) is 3.19. The number of carbonyl (C=O) groups is 2. The molecule has 1 atom stereocenters. The number of carbonyl (C=O) groups excluding carboxylic acids is 2. The van der Waals surface area contributed by atoms with E-state index in [1.54, 1.807) is 0 Å². The van der Waals surface area contributed by atoms with Crippen molar-refractivity contribution in [3.05, 3.63) is 83.1 Å². The third kappa shape index (κ3) is 1.93. The molecule has 32 heavy (non-hydrogen) atoms. The van der Waals surface area contributed by atoms with E-state index in [2.05, 4.69) is 19.2 Å². The van der Waals surface area contributed by atoms with Crippen LogP contribution in [0, 0.1) is 5.41 Å². The fraction of sp³-hybridized carbons (Fsp3) is 0.222. The van der Waals surface area contributed by atoms with E-state index < -0.39 is 5.54 Å². The number of nitrogens with zero attached hydrogens (tertiary/aromatic N) is 2. The Hall–Kier alpha value is -3.73. The summed E-state index contributed by atoms with van der Waals surface area (Å²) >= 11 is 0. The first kappa shape index (κ1) is 17.9. The van der Waals surface area contributed by atoms with Crippen molar-refractivity contribution in [2.24, 2.45) is 5.41 Å². The molecule has 156 valence electrons. The third-order valence-corrected chi connectivity index (χ3v) is 7.26. The van der Waals surface area contributed by atoms with Gasteiger partial charge in [0, 0.05) is 17.7 Å². The molecule has 0 amide bonds. The maximum Gasteiger partial charge on any atom is 0.209 e. The van der Waals surface area contributed by atoms with E-state index in [0.717, 1.165) is 33.1 Å². The number of benzene rings is 3. The molecule has 2 heterocycles. The molecule has 3 aliphatic rings. The highest BCUT2D eigenvalue weighted by atomic mass is 16.1. The molecule has 1 aromatic heterocycles. The van der Waals surface area contributed by atoms with Crippen LogP contribution in [0.15, 0.2) is 71.9 Å². The van der Waals surface area contributed by atoms with E-state index >= 15 is 0 Å². The molecule has 0 bridgehead atoms. The number of rotatable bonds is 0. The average Bonchev–Trinajstić information content (AvgIpc) is 3.24. The van der Waals surface area contributed by atoms with Crippen LogP contribution < -0.4 is 5.32 Å². The van der Waals surface area contributed by atoms with Crippen molar-refractivity contribution in [1.29, 1.82) is 0 Å².